The van der Waals surface area contributed by atoms with Gasteiger partial charge in [0.2, 0.25) is 5.76 Å². The molecule has 0 aliphatic carbocycles. The van der Waals surface area contributed by atoms with E-state index in [1.807, 2.05) is 24.3 Å². The van der Waals surface area contributed by atoms with Crippen LogP contribution in [0, 0.1) is 0 Å². The molecule has 30 heavy (non-hydrogen) atoms. The number of carbonyl (C=O) groups is 1. The number of fused-ring (bicyclic) bond motifs is 2. The Hall–Kier alpha value is -3.38. The maximum Gasteiger partial charge on any atom is 0.290 e. The number of ether oxygens (including phenoxy) is 2. The van der Waals surface area contributed by atoms with Crippen LogP contribution >= 0.6 is 0 Å². The highest BCUT2D eigenvalue weighted by molar-refractivity contribution is 5.99. The minimum Gasteiger partial charge on any atom is -0.490 e. The molecule has 0 spiro atoms. The number of rotatable bonds is 8. The fraction of sp³-hybridized carbons (Fsp3) is 0.250. The normalized spacial score (nSPS) is 15.4. The van der Waals surface area contributed by atoms with E-state index in [0.717, 1.165) is 5.56 Å². The molecule has 1 aliphatic rings. The van der Waals surface area contributed by atoms with Crippen molar-refractivity contribution in [2.75, 3.05) is 26.9 Å². The standard InChI is InChI=1S/C24H23NO5/c1-3-13-29-17-9-6-8-16(15-17)21-20-22(26)18-10-4-5-11-19(18)30-23(20)24(27)25(21)12-7-14-28-2/h3-6,8-11,15,21H,1,7,12-14H2,2H3/t21-/m1/s1. The molecule has 6 heteroatoms. The number of hydrogen-bond donors (Lipinski definition) is 0. The fourth-order valence-corrected chi connectivity index (χ4v) is 3.85. The van der Waals surface area contributed by atoms with Crippen LogP contribution in [0.5, 0.6) is 5.75 Å². The summed E-state index contributed by atoms with van der Waals surface area (Å²) in [6, 6.07) is 13.9. The summed E-state index contributed by atoms with van der Waals surface area (Å²) in [7, 11) is 1.62. The van der Waals surface area contributed by atoms with Crippen molar-refractivity contribution in [1.29, 1.82) is 0 Å². The largest absolute Gasteiger partial charge is 0.490 e. The number of methoxy groups -OCH3 is 1. The van der Waals surface area contributed by atoms with E-state index in [4.69, 9.17) is 13.9 Å². The Morgan fingerprint density at radius 2 is 2.00 bits per heavy atom. The molecule has 1 aromatic heterocycles. The number of hydrogen-bond acceptors (Lipinski definition) is 5. The van der Waals surface area contributed by atoms with Crippen LogP contribution in [0.2, 0.25) is 0 Å². The lowest BCUT2D eigenvalue weighted by atomic mass is 9.98. The second-order valence-corrected chi connectivity index (χ2v) is 7.09. The zero-order valence-electron chi connectivity index (χ0n) is 16.8. The van der Waals surface area contributed by atoms with Crippen LogP contribution in [0.15, 0.2) is 70.4 Å². The first-order valence-corrected chi connectivity index (χ1v) is 9.85. The topological polar surface area (TPSA) is 69.0 Å². The van der Waals surface area contributed by atoms with Gasteiger partial charge in [-0.05, 0) is 36.2 Å². The molecule has 0 N–H and O–H groups in total. The number of benzene rings is 2. The van der Waals surface area contributed by atoms with Gasteiger partial charge in [-0.25, -0.2) is 0 Å². The van der Waals surface area contributed by atoms with Gasteiger partial charge in [0.15, 0.2) is 5.43 Å². The lowest BCUT2D eigenvalue weighted by Gasteiger charge is -2.25. The molecule has 0 fully saturated rings. The Labute approximate surface area is 174 Å². The van der Waals surface area contributed by atoms with Crippen molar-refractivity contribution in [3.8, 4) is 5.75 Å². The highest BCUT2D eigenvalue weighted by Gasteiger charge is 2.42. The molecule has 0 saturated carbocycles. The third kappa shape index (κ3) is 3.50. The van der Waals surface area contributed by atoms with E-state index in [9.17, 15) is 9.59 Å². The second kappa shape index (κ2) is 8.55. The zero-order valence-corrected chi connectivity index (χ0v) is 16.8. The van der Waals surface area contributed by atoms with Gasteiger partial charge in [-0.15, -0.1) is 0 Å². The van der Waals surface area contributed by atoms with Crippen LogP contribution in [-0.2, 0) is 4.74 Å². The van der Waals surface area contributed by atoms with Gasteiger partial charge < -0.3 is 18.8 Å². The molecule has 2 heterocycles. The molecule has 0 radical (unpaired) electrons. The second-order valence-electron chi connectivity index (χ2n) is 7.09. The van der Waals surface area contributed by atoms with Gasteiger partial charge in [-0.1, -0.05) is 36.9 Å². The third-order valence-electron chi connectivity index (χ3n) is 5.16. The van der Waals surface area contributed by atoms with Gasteiger partial charge in [0.25, 0.3) is 5.91 Å². The van der Waals surface area contributed by atoms with Gasteiger partial charge in [0.1, 0.15) is 17.9 Å². The summed E-state index contributed by atoms with van der Waals surface area (Å²) in [5.41, 5.74) is 1.40. The van der Waals surface area contributed by atoms with E-state index in [-0.39, 0.29) is 17.1 Å². The highest BCUT2D eigenvalue weighted by atomic mass is 16.5. The molecule has 1 atom stereocenters. The summed E-state index contributed by atoms with van der Waals surface area (Å²) in [5, 5.41) is 0.465. The summed E-state index contributed by atoms with van der Waals surface area (Å²) in [6.45, 7) is 4.99. The molecule has 1 aliphatic heterocycles. The lowest BCUT2D eigenvalue weighted by Crippen LogP contribution is -2.31. The van der Waals surface area contributed by atoms with Crippen molar-refractivity contribution in [2.45, 2.75) is 12.5 Å². The van der Waals surface area contributed by atoms with Crippen molar-refractivity contribution in [1.82, 2.24) is 4.90 Å². The molecule has 2 aromatic carbocycles. The van der Waals surface area contributed by atoms with Crippen molar-refractivity contribution >= 4 is 16.9 Å². The molecular weight excluding hydrogens is 382 g/mol. The molecule has 154 valence electrons. The molecule has 0 unspecified atom stereocenters. The maximum absolute atomic E-state index is 13.4. The van der Waals surface area contributed by atoms with Gasteiger partial charge in [-0.2, -0.15) is 0 Å². The first kappa shape index (κ1) is 19.9. The van der Waals surface area contributed by atoms with Crippen LogP contribution < -0.4 is 10.2 Å². The Morgan fingerprint density at radius 1 is 1.17 bits per heavy atom. The van der Waals surface area contributed by atoms with Gasteiger partial charge in [0, 0.05) is 20.3 Å². The van der Waals surface area contributed by atoms with Crippen molar-refractivity contribution in [2.24, 2.45) is 0 Å². The quantitative estimate of drug-likeness (QED) is 0.419. The van der Waals surface area contributed by atoms with E-state index < -0.39 is 6.04 Å². The average Bonchev–Trinajstić information content (AvgIpc) is 3.05. The number of para-hydroxylation sites is 1. The summed E-state index contributed by atoms with van der Waals surface area (Å²) < 4.78 is 16.7. The Balaban J connectivity index is 1.86. The minimum absolute atomic E-state index is 0.110. The smallest absolute Gasteiger partial charge is 0.290 e. The third-order valence-corrected chi connectivity index (χ3v) is 5.16. The Morgan fingerprint density at radius 3 is 2.80 bits per heavy atom. The van der Waals surface area contributed by atoms with Crippen molar-refractivity contribution in [3.63, 3.8) is 0 Å². The molecule has 0 bridgehead atoms. The summed E-state index contributed by atoms with van der Waals surface area (Å²) >= 11 is 0. The van der Waals surface area contributed by atoms with E-state index in [1.165, 1.54) is 0 Å². The van der Waals surface area contributed by atoms with Crippen LogP contribution in [0.25, 0.3) is 11.0 Å². The van der Waals surface area contributed by atoms with Crippen LogP contribution in [0.4, 0.5) is 0 Å². The van der Waals surface area contributed by atoms with E-state index in [2.05, 4.69) is 6.58 Å². The first-order chi connectivity index (χ1) is 14.7. The van der Waals surface area contributed by atoms with Crippen LogP contribution in [0.3, 0.4) is 0 Å². The monoisotopic (exact) mass is 405 g/mol. The van der Waals surface area contributed by atoms with Crippen LogP contribution in [0.1, 0.15) is 34.1 Å². The molecule has 0 saturated heterocycles. The average molecular weight is 405 g/mol. The molecule has 1 amide bonds. The Bertz CT molecular complexity index is 1150. The van der Waals surface area contributed by atoms with E-state index in [0.29, 0.717) is 48.5 Å². The van der Waals surface area contributed by atoms with E-state index >= 15 is 0 Å². The zero-order chi connectivity index (χ0) is 21.1. The van der Waals surface area contributed by atoms with Gasteiger partial charge in [-0.3, -0.25) is 9.59 Å². The minimum atomic E-state index is -0.544. The lowest BCUT2D eigenvalue weighted by molar-refractivity contribution is 0.0707. The summed E-state index contributed by atoms with van der Waals surface area (Å²) in [6.07, 6.45) is 2.31. The van der Waals surface area contributed by atoms with Crippen molar-refractivity contribution < 1.29 is 18.7 Å². The van der Waals surface area contributed by atoms with Crippen molar-refractivity contribution in [3.05, 3.63) is 88.3 Å². The molecule has 3 aromatic rings. The SMILES string of the molecule is C=CCOc1cccc([C@@H]2c3c(oc4ccccc4c3=O)C(=O)N2CCCOC)c1. The predicted molar refractivity (Wildman–Crippen MR) is 114 cm³/mol. The first-order valence-electron chi connectivity index (χ1n) is 9.85. The molecule has 6 nitrogen and oxygen atoms in total. The Kier molecular flexibility index (Phi) is 5.68. The fourth-order valence-electron chi connectivity index (χ4n) is 3.85. The van der Waals surface area contributed by atoms with Gasteiger partial charge in [0.05, 0.1) is 17.0 Å². The van der Waals surface area contributed by atoms with Crippen LogP contribution in [-0.4, -0.2) is 37.7 Å². The summed E-state index contributed by atoms with van der Waals surface area (Å²) in [4.78, 5) is 28.3. The van der Waals surface area contributed by atoms with E-state index in [1.54, 1.807) is 42.4 Å². The maximum atomic E-state index is 13.4. The van der Waals surface area contributed by atoms with Gasteiger partial charge >= 0.3 is 0 Å². The number of amides is 1. The molecule has 4 rings (SSSR count). The predicted octanol–water partition coefficient (Wildman–Crippen LogP) is 3.94. The highest BCUT2D eigenvalue weighted by Crippen LogP contribution is 2.39. The number of carbonyl (C=O) groups excluding carboxylic acids is 1. The molecular formula is C24H23NO5. The number of nitrogens with zero attached hydrogens (tertiary/aromatic N) is 1. The summed E-state index contributed by atoms with van der Waals surface area (Å²) in [5.74, 6) is 0.472.